The zero-order chi connectivity index (χ0) is 11.3. The molecule has 3 nitrogen and oxygen atoms in total. The van der Waals surface area contributed by atoms with E-state index >= 15 is 0 Å². The summed E-state index contributed by atoms with van der Waals surface area (Å²) in [6.45, 7) is 6.29. The minimum Gasteiger partial charge on any atom is -0.368 e. The smallest absolute Gasteiger partial charge is 0.171 e. The lowest BCUT2D eigenvalue weighted by atomic mass is 9.95. The van der Waals surface area contributed by atoms with Crippen molar-refractivity contribution in [1.29, 1.82) is 0 Å². The second-order valence-corrected chi connectivity index (χ2v) is 4.52. The minimum absolute atomic E-state index is 0.113. The van der Waals surface area contributed by atoms with E-state index in [1.165, 1.54) is 11.3 Å². The Hall–Kier alpha value is -0.740. The number of nitrogens with zero attached hydrogens (tertiary/aromatic N) is 1. The summed E-state index contributed by atoms with van der Waals surface area (Å²) in [7, 11) is 0. The molecule has 0 fully saturated rings. The fourth-order valence-corrected chi connectivity index (χ4v) is 1.98. The first kappa shape index (κ1) is 12.3. The highest BCUT2D eigenvalue weighted by molar-refractivity contribution is 7.09. The van der Waals surface area contributed by atoms with Crippen LogP contribution in [0.1, 0.15) is 32.2 Å². The summed E-state index contributed by atoms with van der Waals surface area (Å²) in [5.41, 5.74) is -0.652. The van der Waals surface area contributed by atoms with Gasteiger partial charge in [-0.1, -0.05) is 6.92 Å². The highest BCUT2D eigenvalue weighted by atomic mass is 32.1. The summed E-state index contributed by atoms with van der Waals surface area (Å²) in [6.07, 6.45) is 2.80. The van der Waals surface area contributed by atoms with Gasteiger partial charge in [-0.05, 0) is 20.3 Å². The highest BCUT2D eigenvalue weighted by Gasteiger charge is 2.31. The van der Waals surface area contributed by atoms with Crippen LogP contribution < -0.4 is 0 Å². The third kappa shape index (κ3) is 3.11. The molecule has 0 bridgehead atoms. The second kappa shape index (κ2) is 5.37. The fraction of sp³-hybridized carbons (Fsp3) is 0.636. The number of Topliss-reactive ketones (excluding diaryl/α,β-unsaturated/α-hetero) is 1. The summed E-state index contributed by atoms with van der Waals surface area (Å²) in [6, 6.07) is 0. The lowest BCUT2D eigenvalue weighted by Gasteiger charge is -2.26. The maximum absolute atomic E-state index is 12.0. The van der Waals surface area contributed by atoms with Crippen LogP contribution >= 0.6 is 11.3 Å². The number of hydrogen-bond acceptors (Lipinski definition) is 4. The van der Waals surface area contributed by atoms with Gasteiger partial charge in [0.2, 0.25) is 0 Å². The van der Waals surface area contributed by atoms with Crippen molar-refractivity contribution in [2.45, 2.75) is 39.2 Å². The van der Waals surface area contributed by atoms with Crippen LogP contribution in [0.15, 0.2) is 11.6 Å². The molecule has 0 aliphatic rings. The van der Waals surface area contributed by atoms with Crippen molar-refractivity contribution < 1.29 is 9.53 Å². The summed E-state index contributed by atoms with van der Waals surface area (Å²) in [5.74, 6) is 0.113. The van der Waals surface area contributed by atoms with E-state index in [1.807, 2.05) is 26.2 Å². The van der Waals surface area contributed by atoms with Gasteiger partial charge in [0.15, 0.2) is 5.78 Å². The first-order valence-electron chi connectivity index (χ1n) is 5.18. The van der Waals surface area contributed by atoms with Crippen LogP contribution in [0.4, 0.5) is 0 Å². The molecule has 15 heavy (non-hydrogen) atoms. The number of thiazole rings is 1. The lowest BCUT2D eigenvalue weighted by Crippen LogP contribution is -2.39. The first-order valence-corrected chi connectivity index (χ1v) is 6.06. The molecule has 1 aromatic heterocycles. The zero-order valence-corrected chi connectivity index (χ0v) is 10.3. The summed E-state index contributed by atoms with van der Waals surface area (Å²) >= 11 is 1.51. The molecule has 1 atom stereocenters. The normalized spacial score (nSPS) is 14.9. The SMILES string of the molecule is CCOC(C)(CC)C(=O)Cc1nccs1. The summed E-state index contributed by atoms with van der Waals surface area (Å²) in [4.78, 5) is 16.1. The van der Waals surface area contributed by atoms with E-state index in [2.05, 4.69) is 4.98 Å². The van der Waals surface area contributed by atoms with Gasteiger partial charge in [-0.15, -0.1) is 11.3 Å². The molecule has 0 radical (unpaired) electrons. The highest BCUT2D eigenvalue weighted by Crippen LogP contribution is 2.19. The average Bonchev–Trinajstić information content (AvgIpc) is 2.70. The third-order valence-corrected chi connectivity index (χ3v) is 3.30. The number of ketones is 1. The molecular formula is C11H17NO2S. The Bertz CT molecular complexity index is 310. The molecule has 0 saturated carbocycles. The molecule has 4 heteroatoms. The maximum atomic E-state index is 12.0. The molecule has 1 unspecified atom stereocenters. The van der Waals surface area contributed by atoms with Crippen LogP contribution in [-0.2, 0) is 16.0 Å². The Labute approximate surface area is 94.5 Å². The van der Waals surface area contributed by atoms with Crippen molar-refractivity contribution >= 4 is 17.1 Å². The molecule has 1 heterocycles. The molecule has 0 saturated heterocycles. The van der Waals surface area contributed by atoms with E-state index in [0.717, 1.165) is 5.01 Å². The van der Waals surface area contributed by atoms with Crippen molar-refractivity contribution in [2.75, 3.05) is 6.61 Å². The van der Waals surface area contributed by atoms with Gasteiger partial charge in [0, 0.05) is 18.2 Å². The van der Waals surface area contributed by atoms with E-state index in [-0.39, 0.29) is 5.78 Å². The van der Waals surface area contributed by atoms with Crippen LogP contribution in [0.25, 0.3) is 0 Å². The van der Waals surface area contributed by atoms with Crippen molar-refractivity contribution in [3.63, 3.8) is 0 Å². The van der Waals surface area contributed by atoms with Crippen molar-refractivity contribution in [1.82, 2.24) is 4.98 Å². The number of carbonyl (C=O) groups is 1. The quantitative estimate of drug-likeness (QED) is 0.749. The Morgan fingerprint density at radius 1 is 1.60 bits per heavy atom. The van der Waals surface area contributed by atoms with E-state index in [0.29, 0.717) is 19.4 Å². The topological polar surface area (TPSA) is 39.2 Å². The van der Waals surface area contributed by atoms with Gasteiger partial charge < -0.3 is 4.74 Å². The lowest BCUT2D eigenvalue weighted by molar-refractivity contribution is -0.141. The maximum Gasteiger partial charge on any atom is 0.171 e. The Morgan fingerprint density at radius 3 is 2.80 bits per heavy atom. The van der Waals surface area contributed by atoms with Gasteiger partial charge >= 0.3 is 0 Å². The molecule has 1 aromatic rings. The second-order valence-electron chi connectivity index (χ2n) is 3.54. The van der Waals surface area contributed by atoms with Gasteiger partial charge in [0.25, 0.3) is 0 Å². The standard InChI is InChI=1S/C11H17NO2S/c1-4-11(3,14-5-2)9(13)8-10-12-6-7-15-10/h6-7H,4-5,8H2,1-3H3. The first-order chi connectivity index (χ1) is 7.12. The molecule has 0 aliphatic heterocycles. The van der Waals surface area contributed by atoms with Gasteiger partial charge in [-0.3, -0.25) is 4.79 Å². The molecule has 0 aromatic carbocycles. The van der Waals surface area contributed by atoms with E-state index in [1.54, 1.807) is 6.20 Å². The zero-order valence-electron chi connectivity index (χ0n) is 9.45. The number of hydrogen-bond donors (Lipinski definition) is 0. The van der Waals surface area contributed by atoms with Gasteiger partial charge in [-0.25, -0.2) is 4.98 Å². The predicted molar refractivity (Wildman–Crippen MR) is 61.1 cm³/mol. The largest absolute Gasteiger partial charge is 0.368 e. The summed E-state index contributed by atoms with van der Waals surface area (Å²) < 4.78 is 5.52. The van der Waals surface area contributed by atoms with Gasteiger partial charge in [0.1, 0.15) is 5.60 Å². The van der Waals surface area contributed by atoms with Gasteiger partial charge in [0.05, 0.1) is 11.4 Å². The number of carbonyl (C=O) groups excluding carboxylic acids is 1. The van der Waals surface area contributed by atoms with E-state index in [9.17, 15) is 4.79 Å². The van der Waals surface area contributed by atoms with Gasteiger partial charge in [-0.2, -0.15) is 0 Å². The van der Waals surface area contributed by atoms with Crippen molar-refractivity contribution in [2.24, 2.45) is 0 Å². The van der Waals surface area contributed by atoms with Crippen LogP contribution in [0.2, 0.25) is 0 Å². The number of aromatic nitrogens is 1. The Kier molecular flexibility index (Phi) is 4.42. The Morgan fingerprint density at radius 2 is 2.33 bits per heavy atom. The number of ether oxygens (including phenoxy) is 1. The molecular weight excluding hydrogens is 210 g/mol. The number of rotatable bonds is 6. The Balaban J connectivity index is 2.65. The molecule has 0 N–H and O–H groups in total. The van der Waals surface area contributed by atoms with Crippen LogP contribution in [0, 0.1) is 0 Å². The molecule has 0 aliphatic carbocycles. The van der Waals surface area contributed by atoms with Crippen molar-refractivity contribution in [3.8, 4) is 0 Å². The molecule has 0 spiro atoms. The predicted octanol–water partition coefficient (Wildman–Crippen LogP) is 2.46. The van der Waals surface area contributed by atoms with Crippen LogP contribution in [0.3, 0.4) is 0 Å². The van der Waals surface area contributed by atoms with Crippen LogP contribution in [0.5, 0.6) is 0 Å². The monoisotopic (exact) mass is 227 g/mol. The third-order valence-electron chi connectivity index (χ3n) is 2.52. The van der Waals surface area contributed by atoms with Crippen LogP contribution in [-0.4, -0.2) is 23.0 Å². The average molecular weight is 227 g/mol. The fourth-order valence-electron chi connectivity index (χ4n) is 1.36. The molecule has 84 valence electrons. The van der Waals surface area contributed by atoms with Crippen molar-refractivity contribution in [3.05, 3.63) is 16.6 Å². The minimum atomic E-state index is -0.652. The van der Waals surface area contributed by atoms with E-state index in [4.69, 9.17) is 4.74 Å². The molecule has 0 amide bonds. The summed E-state index contributed by atoms with van der Waals surface area (Å²) in [5, 5.41) is 2.74. The molecule has 1 rings (SSSR count). The van der Waals surface area contributed by atoms with E-state index < -0.39 is 5.60 Å².